The fourth-order valence-electron chi connectivity index (χ4n) is 3.39. The molecule has 2 aromatic carbocycles. The van der Waals surface area contributed by atoms with Gasteiger partial charge in [-0.2, -0.15) is 0 Å². The summed E-state index contributed by atoms with van der Waals surface area (Å²) < 4.78 is 11.0. The largest absolute Gasteiger partial charge is 0.493 e. The van der Waals surface area contributed by atoms with Crippen molar-refractivity contribution in [2.75, 3.05) is 13.2 Å². The first kappa shape index (κ1) is 17.3. The number of amides is 1. The Morgan fingerprint density at radius 2 is 1.96 bits per heavy atom. The number of hydrogen-bond donors (Lipinski definition) is 0. The van der Waals surface area contributed by atoms with Crippen LogP contribution in [-0.2, 0) is 13.0 Å². The molecule has 0 bridgehead atoms. The van der Waals surface area contributed by atoms with Crippen molar-refractivity contribution in [3.8, 4) is 5.75 Å². The lowest BCUT2D eigenvalue weighted by Gasteiger charge is -2.28. The Labute approximate surface area is 157 Å². The van der Waals surface area contributed by atoms with E-state index in [2.05, 4.69) is 6.07 Å². The highest BCUT2D eigenvalue weighted by molar-refractivity contribution is 5.96. The molecule has 1 amide bonds. The zero-order valence-electron chi connectivity index (χ0n) is 15.2. The van der Waals surface area contributed by atoms with Gasteiger partial charge in [0.15, 0.2) is 0 Å². The number of benzene rings is 2. The van der Waals surface area contributed by atoms with Crippen LogP contribution in [0, 0.1) is 0 Å². The Hall–Kier alpha value is -3.08. The summed E-state index contributed by atoms with van der Waals surface area (Å²) in [6.45, 7) is 3.73. The number of ether oxygens (including phenoxy) is 1. The third-order valence-electron chi connectivity index (χ3n) is 4.83. The van der Waals surface area contributed by atoms with Crippen LogP contribution in [0.1, 0.15) is 34.8 Å². The predicted octanol–water partition coefficient (Wildman–Crippen LogP) is 3.78. The van der Waals surface area contributed by atoms with E-state index in [-0.39, 0.29) is 11.5 Å². The Balaban J connectivity index is 1.62. The minimum absolute atomic E-state index is 0.0732. The van der Waals surface area contributed by atoms with Crippen LogP contribution in [0.2, 0.25) is 0 Å². The highest BCUT2D eigenvalue weighted by Gasteiger charge is 2.24. The number of hydrogen-bond acceptors (Lipinski definition) is 4. The van der Waals surface area contributed by atoms with Gasteiger partial charge in [0, 0.05) is 24.5 Å². The van der Waals surface area contributed by atoms with Crippen LogP contribution in [0.5, 0.6) is 5.75 Å². The van der Waals surface area contributed by atoms with Gasteiger partial charge in [-0.1, -0.05) is 31.2 Å². The minimum Gasteiger partial charge on any atom is -0.493 e. The normalized spacial score (nSPS) is 13.4. The zero-order valence-corrected chi connectivity index (χ0v) is 15.2. The van der Waals surface area contributed by atoms with Crippen LogP contribution in [0.4, 0.5) is 0 Å². The number of fused-ring (bicyclic) bond motifs is 2. The van der Waals surface area contributed by atoms with E-state index in [1.54, 1.807) is 17.0 Å². The lowest BCUT2D eigenvalue weighted by atomic mass is 9.99. The van der Waals surface area contributed by atoms with Crippen molar-refractivity contribution in [3.63, 3.8) is 0 Å². The van der Waals surface area contributed by atoms with Crippen molar-refractivity contribution in [2.45, 2.75) is 26.3 Å². The minimum atomic E-state index is -0.612. The summed E-state index contributed by atoms with van der Waals surface area (Å²) in [7, 11) is 0. The molecule has 1 aliphatic heterocycles. The van der Waals surface area contributed by atoms with E-state index in [9.17, 15) is 9.59 Å². The smallest absolute Gasteiger partial charge is 0.349 e. The number of carbonyl (C=O) groups excluding carboxylic acids is 1. The molecule has 2 heterocycles. The van der Waals surface area contributed by atoms with E-state index in [0.717, 1.165) is 18.4 Å². The van der Waals surface area contributed by atoms with E-state index in [1.807, 2.05) is 37.3 Å². The molecule has 4 rings (SSSR count). The predicted molar refractivity (Wildman–Crippen MR) is 103 cm³/mol. The van der Waals surface area contributed by atoms with Crippen LogP contribution in [0.3, 0.4) is 0 Å². The second-order valence-corrected chi connectivity index (χ2v) is 6.74. The second-order valence-electron chi connectivity index (χ2n) is 6.74. The average molecular weight is 363 g/mol. The molecule has 0 atom stereocenters. The topological polar surface area (TPSA) is 59.8 Å². The van der Waals surface area contributed by atoms with Crippen molar-refractivity contribution in [3.05, 3.63) is 75.6 Å². The third kappa shape index (κ3) is 3.45. The Morgan fingerprint density at radius 1 is 1.15 bits per heavy atom. The molecule has 5 nitrogen and oxygen atoms in total. The van der Waals surface area contributed by atoms with Gasteiger partial charge in [-0.25, -0.2) is 4.79 Å². The lowest BCUT2D eigenvalue weighted by Crippen LogP contribution is -2.38. The van der Waals surface area contributed by atoms with Crippen LogP contribution in [-0.4, -0.2) is 24.0 Å². The first-order valence-corrected chi connectivity index (χ1v) is 9.22. The molecule has 0 spiro atoms. The highest BCUT2D eigenvalue weighted by Crippen LogP contribution is 2.23. The SMILES string of the molecule is CCCOc1ccc2cc(C(=O)N3CCc4ccccc4C3)c(=O)oc2c1. The van der Waals surface area contributed by atoms with Crippen LogP contribution >= 0.6 is 0 Å². The van der Waals surface area contributed by atoms with Gasteiger partial charge in [-0.05, 0) is 42.2 Å². The average Bonchev–Trinajstić information content (AvgIpc) is 2.70. The Morgan fingerprint density at radius 3 is 2.78 bits per heavy atom. The molecular formula is C22H21NO4. The summed E-state index contributed by atoms with van der Waals surface area (Å²) in [6, 6.07) is 15.0. The quantitative estimate of drug-likeness (QED) is 0.662. The fourth-order valence-corrected chi connectivity index (χ4v) is 3.39. The van der Waals surface area contributed by atoms with Gasteiger partial charge in [-0.15, -0.1) is 0 Å². The molecular weight excluding hydrogens is 342 g/mol. The van der Waals surface area contributed by atoms with Crippen LogP contribution in [0.15, 0.2) is 57.7 Å². The maximum Gasteiger partial charge on any atom is 0.349 e. The second kappa shape index (κ2) is 7.27. The van der Waals surface area contributed by atoms with Crippen LogP contribution in [0.25, 0.3) is 11.0 Å². The van der Waals surface area contributed by atoms with Crippen molar-refractivity contribution >= 4 is 16.9 Å². The highest BCUT2D eigenvalue weighted by atomic mass is 16.5. The summed E-state index contributed by atoms with van der Waals surface area (Å²) in [4.78, 5) is 27.1. The summed E-state index contributed by atoms with van der Waals surface area (Å²) >= 11 is 0. The lowest BCUT2D eigenvalue weighted by molar-refractivity contribution is 0.0730. The molecule has 0 radical (unpaired) electrons. The van der Waals surface area contributed by atoms with E-state index in [4.69, 9.17) is 9.15 Å². The molecule has 0 fully saturated rings. The third-order valence-corrected chi connectivity index (χ3v) is 4.83. The summed E-state index contributed by atoms with van der Waals surface area (Å²) in [5.41, 5.74) is 2.27. The molecule has 138 valence electrons. The number of nitrogens with zero attached hydrogens (tertiary/aromatic N) is 1. The van der Waals surface area contributed by atoms with Crippen LogP contribution < -0.4 is 10.4 Å². The molecule has 0 saturated carbocycles. The van der Waals surface area contributed by atoms with E-state index < -0.39 is 5.63 Å². The van der Waals surface area contributed by atoms with Gasteiger partial charge in [0.25, 0.3) is 5.91 Å². The van der Waals surface area contributed by atoms with Crippen molar-refractivity contribution < 1.29 is 13.9 Å². The van der Waals surface area contributed by atoms with Gasteiger partial charge in [0.2, 0.25) is 0 Å². The molecule has 1 aromatic heterocycles. The zero-order chi connectivity index (χ0) is 18.8. The van der Waals surface area contributed by atoms with Crippen molar-refractivity contribution in [1.29, 1.82) is 0 Å². The number of rotatable bonds is 4. The van der Waals surface area contributed by atoms with Gasteiger partial charge in [0.1, 0.15) is 16.9 Å². The first-order chi connectivity index (χ1) is 13.2. The molecule has 5 heteroatoms. The first-order valence-electron chi connectivity index (χ1n) is 9.22. The Kier molecular flexibility index (Phi) is 4.67. The maximum atomic E-state index is 12.9. The summed E-state index contributed by atoms with van der Waals surface area (Å²) in [5.74, 6) is 0.366. The van der Waals surface area contributed by atoms with Gasteiger partial charge in [-0.3, -0.25) is 4.79 Å². The maximum absolute atomic E-state index is 12.9. The van der Waals surface area contributed by atoms with Gasteiger partial charge in [0.05, 0.1) is 6.61 Å². The summed E-state index contributed by atoms with van der Waals surface area (Å²) in [5, 5.41) is 0.708. The molecule has 0 saturated heterocycles. The molecule has 3 aromatic rings. The van der Waals surface area contributed by atoms with Crippen molar-refractivity contribution in [1.82, 2.24) is 4.90 Å². The monoisotopic (exact) mass is 363 g/mol. The van der Waals surface area contributed by atoms with E-state index in [0.29, 0.717) is 36.4 Å². The standard InChI is InChI=1S/C22H21NO4/c1-2-11-26-18-8-7-16-12-19(22(25)27-20(16)13-18)21(24)23-10-9-15-5-3-4-6-17(15)14-23/h3-8,12-13H,2,9-11,14H2,1H3. The van der Waals surface area contributed by atoms with Gasteiger partial charge < -0.3 is 14.1 Å². The Bertz CT molecular complexity index is 1050. The molecule has 0 unspecified atom stereocenters. The molecule has 27 heavy (non-hydrogen) atoms. The molecule has 0 N–H and O–H groups in total. The fraction of sp³-hybridized carbons (Fsp3) is 0.273. The van der Waals surface area contributed by atoms with Gasteiger partial charge >= 0.3 is 5.63 Å². The molecule has 0 aliphatic carbocycles. The number of carbonyl (C=O) groups is 1. The summed E-state index contributed by atoms with van der Waals surface area (Å²) in [6.07, 6.45) is 1.69. The molecule has 1 aliphatic rings. The van der Waals surface area contributed by atoms with E-state index >= 15 is 0 Å². The van der Waals surface area contributed by atoms with E-state index in [1.165, 1.54) is 5.56 Å². The van der Waals surface area contributed by atoms with Crippen molar-refractivity contribution in [2.24, 2.45) is 0 Å².